The first kappa shape index (κ1) is 13.0. The number of fused-ring (bicyclic) bond motifs is 1. The molecule has 0 atom stereocenters. The number of pyridine rings is 2. The minimum Gasteiger partial charge on any atom is -0.321 e. The molecular formula is C18H12N2OS. The van der Waals surface area contributed by atoms with E-state index in [1.54, 1.807) is 23.7 Å². The fourth-order valence-corrected chi connectivity index (χ4v) is 3.48. The van der Waals surface area contributed by atoms with Crippen LogP contribution in [0.15, 0.2) is 71.1 Å². The van der Waals surface area contributed by atoms with Crippen LogP contribution in [0.1, 0.15) is 0 Å². The lowest BCUT2D eigenvalue weighted by molar-refractivity contribution is 1.30. The molecule has 3 aromatic heterocycles. The highest BCUT2D eigenvalue weighted by Gasteiger charge is 2.16. The molecular weight excluding hydrogens is 292 g/mol. The Labute approximate surface area is 130 Å². The van der Waals surface area contributed by atoms with Gasteiger partial charge in [-0.15, -0.1) is 11.3 Å². The van der Waals surface area contributed by atoms with Crippen LogP contribution in [0.2, 0.25) is 0 Å². The number of para-hydroxylation sites is 1. The predicted molar refractivity (Wildman–Crippen MR) is 91.1 cm³/mol. The molecule has 0 amide bonds. The summed E-state index contributed by atoms with van der Waals surface area (Å²) < 4.78 is 0. The molecule has 1 N–H and O–H groups in total. The largest absolute Gasteiger partial charge is 0.321 e. The SMILES string of the molecule is O=c1[nH]c2ccccc2c(-c2cccnc2)c1-c1cccs1. The first-order chi connectivity index (χ1) is 10.8. The zero-order valence-corrected chi connectivity index (χ0v) is 12.4. The Morgan fingerprint density at radius 3 is 2.64 bits per heavy atom. The smallest absolute Gasteiger partial charge is 0.257 e. The number of H-pyrrole nitrogens is 1. The van der Waals surface area contributed by atoms with Crippen molar-refractivity contribution in [2.24, 2.45) is 0 Å². The van der Waals surface area contributed by atoms with Crippen LogP contribution in [0.5, 0.6) is 0 Å². The lowest BCUT2D eigenvalue weighted by Crippen LogP contribution is -2.10. The van der Waals surface area contributed by atoms with E-state index in [1.165, 1.54) is 0 Å². The number of hydrogen-bond donors (Lipinski definition) is 1. The minimum atomic E-state index is -0.0694. The lowest BCUT2D eigenvalue weighted by Gasteiger charge is -2.11. The Kier molecular flexibility index (Phi) is 3.09. The second-order valence-electron chi connectivity index (χ2n) is 4.97. The lowest BCUT2D eigenvalue weighted by atomic mass is 9.96. The van der Waals surface area contributed by atoms with Crippen LogP contribution in [0, 0.1) is 0 Å². The molecule has 0 bridgehead atoms. The summed E-state index contributed by atoms with van der Waals surface area (Å²) in [6.45, 7) is 0. The molecule has 0 aliphatic heterocycles. The van der Waals surface area contributed by atoms with Crippen molar-refractivity contribution in [2.45, 2.75) is 0 Å². The number of hydrogen-bond acceptors (Lipinski definition) is 3. The summed E-state index contributed by atoms with van der Waals surface area (Å²) >= 11 is 1.57. The molecule has 4 heteroatoms. The summed E-state index contributed by atoms with van der Waals surface area (Å²) in [4.78, 5) is 20.8. The molecule has 0 fully saturated rings. The molecule has 0 saturated carbocycles. The van der Waals surface area contributed by atoms with Gasteiger partial charge in [-0.1, -0.05) is 30.3 Å². The maximum absolute atomic E-state index is 12.7. The van der Waals surface area contributed by atoms with E-state index in [-0.39, 0.29) is 5.56 Å². The van der Waals surface area contributed by atoms with Crippen molar-refractivity contribution < 1.29 is 0 Å². The molecule has 4 rings (SSSR count). The van der Waals surface area contributed by atoms with Gasteiger partial charge in [0.25, 0.3) is 5.56 Å². The van der Waals surface area contributed by atoms with E-state index in [0.717, 1.165) is 26.9 Å². The van der Waals surface area contributed by atoms with Crippen LogP contribution >= 0.6 is 11.3 Å². The number of aromatic amines is 1. The van der Waals surface area contributed by atoms with Gasteiger partial charge in [0.2, 0.25) is 0 Å². The fourth-order valence-electron chi connectivity index (χ4n) is 2.71. The van der Waals surface area contributed by atoms with Gasteiger partial charge >= 0.3 is 0 Å². The Bertz CT molecular complexity index is 989. The molecule has 0 unspecified atom stereocenters. The van der Waals surface area contributed by atoms with Gasteiger partial charge in [-0.3, -0.25) is 9.78 Å². The number of aromatic nitrogens is 2. The van der Waals surface area contributed by atoms with E-state index in [0.29, 0.717) is 5.56 Å². The third-order valence-electron chi connectivity index (χ3n) is 3.64. The van der Waals surface area contributed by atoms with Crippen LogP contribution in [0.4, 0.5) is 0 Å². The van der Waals surface area contributed by atoms with Gasteiger partial charge in [0.15, 0.2) is 0 Å². The highest BCUT2D eigenvalue weighted by molar-refractivity contribution is 7.13. The first-order valence-corrected chi connectivity index (χ1v) is 7.82. The standard InChI is InChI=1S/C18H12N2OS/c21-18-17(15-8-4-10-22-15)16(12-5-3-9-19-11-12)13-6-1-2-7-14(13)20-18/h1-11H,(H,20,21). The van der Waals surface area contributed by atoms with E-state index in [4.69, 9.17) is 0 Å². The average molecular weight is 304 g/mol. The van der Waals surface area contributed by atoms with Crippen molar-refractivity contribution in [3.63, 3.8) is 0 Å². The molecule has 0 radical (unpaired) electrons. The van der Waals surface area contributed by atoms with Gasteiger partial charge in [-0.2, -0.15) is 0 Å². The van der Waals surface area contributed by atoms with E-state index in [2.05, 4.69) is 9.97 Å². The summed E-state index contributed by atoms with van der Waals surface area (Å²) in [6.07, 6.45) is 3.54. The molecule has 0 aliphatic carbocycles. The van der Waals surface area contributed by atoms with Gasteiger partial charge in [0.05, 0.1) is 5.56 Å². The van der Waals surface area contributed by atoms with Crippen molar-refractivity contribution >= 4 is 22.2 Å². The van der Waals surface area contributed by atoms with Crippen LogP contribution < -0.4 is 5.56 Å². The zero-order chi connectivity index (χ0) is 14.9. The Balaban J connectivity index is 2.19. The molecule has 0 spiro atoms. The van der Waals surface area contributed by atoms with Crippen LogP contribution in [0.3, 0.4) is 0 Å². The molecule has 1 aromatic carbocycles. The number of nitrogens with one attached hydrogen (secondary N) is 1. The van der Waals surface area contributed by atoms with Gasteiger partial charge < -0.3 is 4.98 Å². The number of nitrogens with zero attached hydrogens (tertiary/aromatic N) is 1. The Morgan fingerprint density at radius 2 is 1.86 bits per heavy atom. The zero-order valence-electron chi connectivity index (χ0n) is 11.6. The summed E-state index contributed by atoms with van der Waals surface area (Å²) in [5, 5.41) is 3.01. The molecule has 0 aliphatic rings. The van der Waals surface area contributed by atoms with E-state index >= 15 is 0 Å². The highest BCUT2D eigenvalue weighted by atomic mass is 32.1. The van der Waals surface area contributed by atoms with Crippen LogP contribution in [0.25, 0.3) is 32.5 Å². The second kappa shape index (κ2) is 5.24. The van der Waals surface area contributed by atoms with Gasteiger partial charge in [0, 0.05) is 39.3 Å². The number of thiophene rings is 1. The summed E-state index contributed by atoms with van der Waals surface area (Å²) in [5.41, 5.74) is 3.37. The van der Waals surface area contributed by atoms with Gasteiger partial charge in [-0.25, -0.2) is 0 Å². The minimum absolute atomic E-state index is 0.0694. The van der Waals surface area contributed by atoms with Gasteiger partial charge in [-0.05, 0) is 23.6 Å². The molecule has 106 valence electrons. The monoisotopic (exact) mass is 304 g/mol. The number of benzene rings is 1. The van der Waals surface area contributed by atoms with Crippen molar-refractivity contribution in [3.05, 3.63) is 76.7 Å². The van der Waals surface area contributed by atoms with E-state index < -0.39 is 0 Å². The first-order valence-electron chi connectivity index (χ1n) is 6.94. The molecule has 0 saturated heterocycles. The second-order valence-corrected chi connectivity index (χ2v) is 5.92. The molecule has 22 heavy (non-hydrogen) atoms. The van der Waals surface area contributed by atoms with Crippen LogP contribution in [-0.2, 0) is 0 Å². The summed E-state index contributed by atoms with van der Waals surface area (Å²) in [7, 11) is 0. The van der Waals surface area contributed by atoms with E-state index in [1.807, 2.05) is 53.9 Å². The fraction of sp³-hybridized carbons (Fsp3) is 0. The Morgan fingerprint density at radius 1 is 0.955 bits per heavy atom. The van der Waals surface area contributed by atoms with E-state index in [9.17, 15) is 4.79 Å². The maximum atomic E-state index is 12.7. The average Bonchev–Trinajstić information content (AvgIpc) is 3.08. The summed E-state index contributed by atoms with van der Waals surface area (Å²) in [5.74, 6) is 0. The molecule has 3 heterocycles. The molecule has 3 nitrogen and oxygen atoms in total. The highest BCUT2D eigenvalue weighted by Crippen LogP contribution is 2.36. The van der Waals surface area contributed by atoms with Crippen LogP contribution in [-0.4, -0.2) is 9.97 Å². The third kappa shape index (κ3) is 2.05. The maximum Gasteiger partial charge on any atom is 0.257 e. The van der Waals surface area contributed by atoms with Gasteiger partial charge in [0.1, 0.15) is 0 Å². The summed E-state index contributed by atoms with van der Waals surface area (Å²) in [6, 6.07) is 15.7. The Hall–Kier alpha value is -2.72. The third-order valence-corrected chi connectivity index (χ3v) is 4.53. The predicted octanol–water partition coefficient (Wildman–Crippen LogP) is 4.32. The van der Waals surface area contributed by atoms with Crippen molar-refractivity contribution in [2.75, 3.05) is 0 Å². The van der Waals surface area contributed by atoms with Crippen molar-refractivity contribution in [1.82, 2.24) is 9.97 Å². The molecule has 4 aromatic rings. The number of rotatable bonds is 2. The van der Waals surface area contributed by atoms with Crippen molar-refractivity contribution in [3.8, 4) is 21.6 Å². The quantitative estimate of drug-likeness (QED) is 0.599. The normalized spacial score (nSPS) is 10.9. The topological polar surface area (TPSA) is 45.8 Å². The van der Waals surface area contributed by atoms with Crippen molar-refractivity contribution in [1.29, 1.82) is 0 Å².